The zero-order chi connectivity index (χ0) is 13.9. The van der Waals surface area contributed by atoms with Crippen molar-refractivity contribution in [2.45, 2.75) is 24.8 Å². The fourth-order valence-electron chi connectivity index (χ4n) is 2.42. The summed E-state index contributed by atoms with van der Waals surface area (Å²) in [4.78, 5) is 8.25. The number of hydrogen-bond acceptors (Lipinski definition) is 4. The second-order valence-electron chi connectivity index (χ2n) is 4.94. The number of nitrogens with zero attached hydrogens (tertiary/aromatic N) is 3. The van der Waals surface area contributed by atoms with Crippen molar-refractivity contribution in [3.05, 3.63) is 52.8 Å². The molecule has 0 atom stereocenters. The highest BCUT2D eigenvalue weighted by Gasteiger charge is 2.30. The largest absolute Gasteiger partial charge is 0.351 e. The lowest BCUT2D eigenvalue weighted by Gasteiger charge is -2.36. The number of aromatic nitrogens is 2. The Balaban J connectivity index is 1.58. The van der Waals surface area contributed by atoms with Crippen LogP contribution in [0.15, 0.2) is 36.5 Å². The van der Waals surface area contributed by atoms with Crippen LogP contribution in [0.2, 0.25) is 5.02 Å². The summed E-state index contributed by atoms with van der Waals surface area (Å²) in [6.07, 6.45) is 3.69. The lowest BCUT2D eigenvalue weighted by Crippen LogP contribution is -2.34. The van der Waals surface area contributed by atoms with Crippen LogP contribution in [0.5, 0.6) is 0 Å². The normalized spacial score (nSPS) is 20.8. The van der Waals surface area contributed by atoms with Crippen LogP contribution >= 0.6 is 11.6 Å². The van der Waals surface area contributed by atoms with Crippen LogP contribution in [-0.4, -0.2) is 16.0 Å². The summed E-state index contributed by atoms with van der Waals surface area (Å²) in [5.41, 5.74) is 1.70. The highest BCUT2D eigenvalue weighted by molar-refractivity contribution is 6.30. The Morgan fingerprint density at radius 1 is 1.20 bits per heavy atom. The van der Waals surface area contributed by atoms with Crippen LogP contribution < -0.4 is 5.32 Å². The average Bonchev–Trinajstić information content (AvgIpc) is 2.44. The van der Waals surface area contributed by atoms with Gasteiger partial charge in [0.05, 0.1) is 0 Å². The van der Waals surface area contributed by atoms with Gasteiger partial charge < -0.3 is 5.32 Å². The van der Waals surface area contributed by atoms with Gasteiger partial charge in [0.25, 0.3) is 0 Å². The van der Waals surface area contributed by atoms with Crippen molar-refractivity contribution in [3.63, 3.8) is 0 Å². The summed E-state index contributed by atoms with van der Waals surface area (Å²) in [6, 6.07) is 12.0. The van der Waals surface area contributed by atoms with E-state index in [0.29, 0.717) is 23.6 Å². The molecular weight excluding hydrogens is 272 g/mol. The van der Waals surface area contributed by atoms with Crippen molar-refractivity contribution >= 4 is 17.5 Å². The minimum Gasteiger partial charge on any atom is -0.351 e. The maximum Gasteiger partial charge on any atom is 0.224 e. The maximum absolute atomic E-state index is 8.80. The molecule has 2 aromatic rings. The average molecular weight is 285 g/mol. The molecule has 1 N–H and O–H groups in total. The molecule has 0 bridgehead atoms. The Labute approximate surface area is 122 Å². The molecule has 0 spiro atoms. The van der Waals surface area contributed by atoms with Crippen molar-refractivity contribution in [1.29, 1.82) is 5.26 Å². The second-order valence-corrected chi connectivity index (χ2v) is 5.37. The maximum atomic E-state index is 8.80. The Bertz CT molecular complexity index is 642. The summed E-state index contributed by atoms with van der Waals surface area (Å²) < 4.78 is 0. The van der Waals surface area contributed by atoms with Gasteiger partial charge in [-0.3, -0.25) is 0 Å². The predicted molar refractivity (Wildman–Crippen MR) is 77.6 cm³/mol. The number of nitriles is 1. The number of rotatable bonds is 3. The molecule has 1 aliphatic rings. The fourth-order valence-corrected chi connectivity index (χ4v) is 2.54. The zero-order valence-electron chi connectivity index (χ0n) is 10.8. The standard InChI is InChI=1S/C15H13ClN4/c16-12-3-1-10(2-4-12)11-7-14(8-11)20-15-18-6-5-13(9-17)19-15/h1-6,11,14H,7-8H2,(H,18,19,20). The monoisotopic (exact) mass is 284 g/mol. The fraction of sp³-hybridized carbons (Fsp3) is 0.267. The molecule has 4 nitrogen and oxygen atoms in total. The van der Waals surface area contributed by atoms with Gasteiger partial charge in [0, 0.05) is 17.3 Å². The number of hydrogen-bond donors (Lipinski definition) is 1. The molecule has 0 aliphatic heterocycles. The van der Waals surface area contributed by atoms with Crippen molar-refractivity contribution in [2.24, 2.45) is 0 Å². The summed E-state index contributed by atoms with van der Waals surface area (Å²) in [6.45, 7) is 0. The van der Waals surface area contributed by atoms with Gasteiger partial charge in [-0.15, -0.1) is 0 Å². The molecule has 1 saturated carbocycles. The molecule has 1 aromatic heterocycles. The van der Waals surface area contributed by atoms with Crippen LogP contribution in [0.3, 0.4) is 0 Å². The van der Waals surface area contributed by atoms with E-state index in [1.165, 1.54) is 5.56 Å². The summed E-state index contributed by atoms with van der Waals surface area (Å²) in [5.74, 6) is 1.09. The van der Waals surface area contributed by atoms with Gasteiger partial charge in [-0.2, -0.15) is 5.26 Å². The third-order valence-electron chi connectivity index (χ3n) is 3.58. The van der Waals surface area contributed by atoms with E-state index in [1.807, 2.05) is 18.2 Å². The Hall–Kier alpha value is -2.12. The quantitative estimate of drug-likeness (QED) is 0.939. The third-order valence-corrected chi connectivity index (χ3v) is 3.83. The number of anilines is 1. The van der Waals surface area contributed by atoms with Crippen molar-refractivity contribution < 1.29 is 0 Å². The highest BCUT2D eigenvalue weighted by atomic mass is 35.5. The Kier molecular flexibility index (Phi) is 3.53. The summed E-state index contributed by atoms with van der Waals surface area (Å²) in [7, 11) is 0. The molecule has 1 fully saturated rings. The lowest BCUT2D eigenvalue weighted by atomic mass is 9.76. The second kappa shape index (κ2) is 5.48. The van der Waals surface area contributed by atoms with Gasteiger partial charge in [0.1, 0.15) is 11.8 Å². The third kappa shape index (κ3) is 2.73. The van der Waals surface area contributed by atoms with Gasteiger partial charge in [0.2, 0.25) is 5.95 Å². The van der Waals surface area contributed by atoms with Gasteiger partial charge in [0.15, 0.2) is 0 Å². The van der Waals surface area contributed by atoms with Crippen molar-refractivity contribution in [1.82, 2.24) is 9.97 Å². The van der Waals surface area contributed by atoms with Crippen LogP contribution in [0.1, 0.15) is 30.0 Å². The summed E-state index contributed by atoms with van der Waals surface area (Å²) >= 11 is 5.89. The SMILES string of the molecule is N#Cc1ccnc(NC2CC(c3ccc(Cl)cc3)C2)n1. The van der Waals surface area contributed by atoms with Gasteiger partial charge >= 0.3 is 0 Å². The topological polar surface area (TPSA) is 61.6 Å². The van der Waals surface area contributed by atoms with E-state index >= 15 is 0 Å². The van der Waals surface area contributed by atoms with Gasteiger partial charge in [-0.1, -0.05) is 23.7 Å². The molecule has 0 unspecified atom stereocenters. The van der Waals surface area contributed by atoms with E-state index < -0.39 is 0 Å². The Morgan fingerprint density at radius 2 is 1.95 bits per heavy atom. The van der Waals surface area contributed by atoms with E-state index in [4.69, 9.17) is 16.9 Å². The molecular formula is C15H13ClN4. The van der Waals surface area contributed by atoms with E-state index in [9.17, 15) is 0 Å². The van der Waals surface area contributed by atoms with Crippen LogP contribution in [-0.2, 0) is 0 Å². The van der Waals surface area contributed by atoms with Crippen molar-refractivity contribution in [3.8, 4) is 6.07 Å². The molecule has 1 heterocycles. The molecule has 0 radical (unpaired) electrons. The summed E-state index contributed by atoms with van der Waals surface area (Å²) in [5, 5.41) is 12.8. The molecule has 100 valence electrons. The van der Waals surface area contributed by atoms with Crippen molar-refractivity contribution in [2.75, 3.05) is 5.32 Å². The first-order valence-corrected chi connectivity index (χ1v) is 6.87. The lowest BCUT2D eigenvalue weighted by molar-refractivity contribution is 0.372. The molecule has 1 aromatic carbocycles. The zero-order valence-corrected chi connectivity index (χ0v) is 11.5. The first-order valence-electron chi connectivity index (χ1n) is 6.50. The van der Waals surface area contributed by atoms with E-state index in [-0.39, 0.29) is 0 Å². The van der Waals surface area contributed by atoms with Gasteiger partial charge in [-0.05, 0) is 42.5 Å². The molecule has 3 rings (SSSR count). The molecule has 5 heteroatoms. The van der Waals surface area contributed by atoms with E-state index in [2.05, 4.69) is 27.4 Å². The smallest absolute Gasteiger partial charge is 0.224 e. The van der Waals surface area contributed by atoms with Crippen LogP contribution in [0.4, 0.5) is 5.95 Å². The minimum atomic E-state index is 0.365. The predicted octanol–water partition coefficient (Wildman–Crippen LogP) is 3.36. The number of halogens is 1. The molecule has 0 saturated heterocycles. The highest BCUT2D eigenvalue weighted by Crippen LogP contribution is 2.38. The minimum absolute atomic E-state index is 0.365. The first kappa shape index (κ1) is 12.9. The molecule has 1 aliphatic carbocycles. The number of nitrogens with one attached hydrogen (secondary N) is 1. The molecule has 20 heavy (non-hydrogen) atoms. The Morgan fingerprint density at radius 3 is 2.65 bits per heavy atom. The molecule has 0 amide bonds. The van der Waals surface area contributed by atoms with Gasteiger partial charge in [-0.25, -0.2) is 9.97 Å². The number of benzene rings is 1. The van der Waals surface area contributed by atoms with E-state index in [0.717, 1.165) is 17.9 Å². The van der Waals surface area contributed by atoms with Crippen LogP contribution in [0.25, 0.3) is 0 Å². The van der Waals surface area contributed by atoms with E-state index in [1.54, 1.807) is 12.3 Å². The van der Waals surface area contributed by atoms with Crippen LogP contribution in [0, 0.1) is 11.3 Å². The first-order chi connectivity index (χ1) is 9.74.